The molecule has 0 heterocycles. The summed E-state index contributed by atoms with van der Waals surface area (Å²) >= 11 is 0. The second-order valence-electron chi connectivity index (χ2n) is 1.68. The van der Waals surface area contributed by atoms with Crippen molar-refractivity contribution >= 4 is 0 Å². The fourth-order valence-corrected chi connectivity index (χ4v) is 0.470. The maximum absolute atomic E-state index is 3.90. The first-order valence-electron chi connectivity index (χ1n) is 3.36. The Hall–Kier alpha value is -0.660. The molecule has 0 atom stereocenters. The molecule has 2 nitrogen and oxygen atoms in total. The van der Waals surface area contributed by atoms with Gasteiger partial charge in [-0.1, -0.05) is 12.2 Å². The number of nitrogens with zero attached hydrogens (tertiary/aromatic N) is 2. The lowest BCUT2D eigenvalue weighted by molar-refractivity contribution is 0.863. The van der Waals surface area contributed by atoms with Crippen molar-refractivity contribution in [1.82, 2.24) is 0 Å². The molecule has 0 saturated heterocycles. The van der Waals surface area contributed by atoms with Crippen LogP contribution in [0.3, 0.4) is 0 Å². The molecule has 0 aromatic heterocycles. The zero-order valence-corrected chi connectivity index (χ0v) is 6.17. The highest BCUT2D eigenvalue weighted by Gasteiger charge is 1.73. The summed E-state index contributed by atoms with van der Waals surface area (Å²) in [4.78, 5) is 0. The quantitative estimate of drug-likeness (QED) is 0.314. The minimum Gasteiger partial charge on any atom is -0.194 e. The standard InChI is InChI=1S/C7H14N2/c1-3-5-6-7-9-8-4-2/h3,5H,4,6-7H2,1-2H3/b5-3-,9-8?. The maximum Gasteiger partial charge on any atom is 0.0633 e. The van der Waals surface area contributed by atoms with Gasteiger partial charge in [-0.25, -0.2) is 0 Å². The fourth-order valence-electron chi connectivity index (χ4n) is 0.470. The summed E-state index contributed by atoms with van der Waals surface area (Å²) in [6, 6.07) is 0. The van der Waals surface area contributed by atoms with E-state index in [0.29, 0.717) is 0 Å². The first-order chi connectivity index (χ1) is 4.41. The molecular weight excluding hydrogens is 112 g/mol. The van der Waals surface area contributed by atoms with Gasteiger partial charge in [0.15, 0.2) is 0 Å². The average Bonchev–Trinajstić information content (AvgIpc) is 1.89. The molecule has 0 spiro atoms. The number of hydrogen-bond acceptors (Lipinski definition) is 2. The molecule has 0 fully saturated rings. The zero-order chi connectivity index (χ0) is 6.95. The van der Waals surface area contributed by atoms with Crippen LogP contribution in [0.5, 0.6) is 0 Å². The molecular formula is C7H14N2. The molecule has 0 aromatic carbocycles. The van der Waals surface area contributed by atoms with Gasteiger partial charge in [-0.2, -0.15) is 10.2 Å². The molecule has 52 valence electrons. The van der Waals surface area contributed by atoms with Crippen molar-refractivity contribution in [2.75, 3.05) is 13.1 Å². The van der Waals surface area contributed by atoms with E-state index in [2.05, 4.69) is 16.3 Å². The first kappa shape index (κ1) is 8.34. The third-order valence-electron chi connectivity index (χ3n) is 0.873. The van der Waals surface area contributed by atoms with Crippen LogP contribution >= 0.6 is 0 Å². The van der Waals surface area contributed by atoms with Crippen LogP contribution in [-0.2, 0) is 0 Å². The molecule has 0 saturated carbocycles. The van der Waals surface area contributed by atoms with Gasteiger partial charge in [-0.05, 0) is 20.3 Å². The molecule has 0 aliphatic heterocycles. The molecule has 0 unspecified atom stereocenters. The summed E-state index contributed by atoms with van der Waals surface area (Å²) in [6.45, 7) is 5.63. The summed E-state index contributed by atoms with van der Waals surface area (Å²) in [6.07, 6.45) is 5.14. The van der Waals surface area contributed by atoms with Crippen LogP contribution in [0.15, 0.2) is 22.4 Å². The summed E-state index contributed by atoms with van der Waals surface area (Å²) < 4.78 is 0. The Morgan fingerprint density at radius 3 is 2.67 bits per heavy atom. The smallest absolute Gasteiger partial charge is 0.0633 e. The van der Waals surface area contributed by atoms with Gasteiger partial charge in [0.05, 0.1) is 13.1 Å². The topological polar surface area (TPSA) is 24.7 Å². The molecule has 9 heavy (non-hydrogen) atoms. The van der Waals surface area contributed by atoms with Crippen LogP contribution in [0.1, 0.15) is 20.3 Å². The number of azo groups is 1. The van der Waals surface area contributed by atoms with Crippen LogP contribution in [-0.4, -0.2) is 13.1 Å². The van der Waals surface area contributed by atoms with E-state index >= 15 is 0 Å². The summed E-state index contributed by atoms with van der Waals surface area (Å²) in [5, 5.41) is 7.74. The Morgan fingerprint density at radius 1 is 1.33 bits per heavy atom. The third kappa shape index (κ3) is 7.34. The molecule has 0 aliphatic rings. The summed E-state index contributed by atoms with van der Waals surface area (Å²) in [5.41, 5.74) is 0. The zero-order valence-electron chi connectivity index (χ0n) is 6.17. The van der Waals surface area contributed by atoms with Gasteiger partial charge in [-0.3, -0.25) is 0 Å². The predicted octanol–water partition coefficient (Wildman–Crippen LogP) is 2.42. The molecule has 0 aliphatic carbocycles. The average molecular weight is 126 g/mol. The van der Waals surface area contributed by atoms with E-state index in [9.17, 15) is 0 Å². The predicted molar refractivity (Wildman–Crippen MR) is 39.7 cm³/mol. The van der Waals surface area contributed by atoms with Gasteiger partial charge >= 0.3 is 0 Å². The molecule has 0 aromatic rings. The van der Waals surface area contributed by atoms with Crippen molar-refractivity contribution in [2.45, 2.75) is 20.3 Å². The molecule has 0 N–H and O–H groups in total. The van der Waals surface area contributed by atoms with Gasteiger partial charge < -0.3 is 0 Å². The van der Waals surface area contributed by atoms with Crippen LogP contribution in [0.4, 0.5) is 0 Å². The van der Waals surface area contributed by atoms with Crippen LogP contribution < -0.4 is 0 Å². The van der Waals surface area contributed by atoms with Crippen LogP contribution in [0, 0.1) is 0 Å². The van der Waals surface area contributed by atoms with Gasteiger partial charge in [0.25, 0.3) is 0 Å². The molecule has 0 radical (unpaired) electrons. The normalized spacial score (nSPS) is 11.8. The monoisotopic (exact) mass is 126 g/mol. The highest BCUT2D eigenvalue weighted by Crippen LogP contribution is 1.84. The Labute approximate surface area is 56.7 Å². The highest BCUT2D eigenvalue weighted by molar-refractivity contribution is 4.76. The maximum atomic E-state index is 3.90. The van der Waals surface area contributed by atoms with Crippen molar-refractivity contribution in [3.63, 3.8) is 0 Å². The lowest BCUT2D eigenvalue weighted by atomic mass is 10.4. The number of allylic oxidation sites excluding steroid dienone is 1. The van der Waals surface area contributed by atoms with E-state index in [1.54, 1.807) is 0 Å². The third-order valence-corrected chi connectivity index (χ3v) is 0.873. The molecule has 0 amide bonds. The first-order valence-corrected chi connectivity index (χ1v) is 3.36. The number of rotatable bonds is 4. The molecule has 0 bridgehead atoms. The fraction of sp³-hybridized carbons (Fsp3) is 0.714. The van der Waals surface area contributed by atoms with Crippen molar-refractivity contribution in [1.29, 1.82) is 0 Å². The minimum atomic E-state index is 0.801. The van der Waals surface area contributed by atoms with Crippen molar-refractivity contribution in [2.24, 2.45) is 10.2 Å². The van der Waals surface area contributed by atoms with Crippen molar-refractivity contribution in [3.8, 4) is 0 Å². The van der Waals surface area contributed by atoms with E-state index in [1.807, 2.05) is 19.9 Å². The van der Waals surface area contributed by atoms with E-state index in [0.717, 1.165) is 19.5 Å². The van der Waals surface area contributed by atoms with Gasteiger partial charge in [0.2, 0.25) is 0 Å². The van der Waals surface area contributed by atoms with Crippen molar-refractivity contribution in [3.05, 3.63) is 12.2 Å². The van der Waals surface area contributed by atoms with Crippen LogP contribution in [0.25, 0.3) is 0 Å². The Bertz CT molecular complexity index is 95.1. The van der Waals surface area contributed by atoms with Gasteiger partial charge in [-0.15, -0.1) is 0 Å². The highest BCUT2D eigenvalue weighted by atomic mass is 15.1. The van der Waals surface area contributed by atoms with E-state index in [-0.39, 0.29) is 0 Å². The van der Waals surface area contributed by atoms with Gasteiger partial charge in [0, 0.05) is 0 Å². The summed E-state index contributed by atoms with van der Waals surface area (Å²) in [5.74, 6) is 0. The second kappa shape index (κ2) is 7.34. The SMILES string of the molecule is C/C=C\CCN=NCC. The Morgan fingerprint density at radius 2 is 2.11 bits per heavy atom. The summed E-state index contributed by atoms with van der Waals surface area (Å²) in [7, 11) is 0. The largest absolute Gasteiger partial charge is 0.194 e. The number of hydrogen-bond donors (Lipinski definition) is 0. The van der Waals surface area contributed by atoms with E-state index in [1.165, 1.54) is 0 Å². The lowest BCUT2D eigenvalue weighted by Crippen LogP contribution is -1.74. The lowest BCUT2D eigenvalue weighted by Gasteiger charge is -1.83. The van der Waals surface area contributed by atoms with Crippen molar-refractivity contribution < 1.29 is 0 Å². The Balaban J connectivity index is 2.99. The van der Waals surface area contributed by atoms with Crippen LogP contribution in [0.2, 0.25) is 0 Å². The molecule has 2 heteroatoms. The van der Waals surface area contributed by atoms with E-state index < -0.39 is 0 Å². The second-order valence-corrected chi connectivity index (χ2v) is 1.68. The molecule has 0 rings (SSSR count). The Kier molecular flexibility index (Phi) is 6.80. The van der Waals surface area contributed by atoms with Gasteiger partial charge in [0.1, 0.15) is 0 Å². The van der Waals surface area contributed by atoms with E-state index in [4.69, 9.17) is 0 Å². The minimum absolute atomic E-state index is 0.801.